The summed E-state index contributed by atoms with van der Waals surface area (Å²) in [4.78, 5) is 11.7. The van der Waals surface area contributed by atoms with E-state index in [0.717, 1.165) is 25.1 Å². The number of hydrogen-bond donors (Lipinski definition) is 2. The lowest BCUT2D eigenvalue weighted by Crippen LogP contribution is -2.30. The highest BCUT2D eigenvalue weighted by Crippen LogP contribution is 2.28. The lowest BCUT2D eigenvalue weighted by Gasteiger charge is -2.13. The van der Waals surface area contributed by atoms with Gasteiger partial charge in [-0.15, -0.1) is 0 Å². The summed E-state index contributed by atoms with van der Waals surface area (Å²) in [7, 11) is 0. The molecule has 1 amide bonds. The van der Waals surface area contributed by atoms with Crippen molar-refractivity contribution in [2.75, 3.05) is 19.7 Å². The lowest BCUT2D eigenvalue weighted by molar-refractivity contribution is -0.123. The van der Waals surface area contributed by atoms with Gasteiger partial charge in [-0.3, -0.25) is 4.79 Å². The summed E-state index contributed by atoms with van der Waals surface area (Å²) in [6.45, 7) is 4.48. The number of rotatable bonds is 9. The fraction of sp³-hybridized carbons (Fsp3) is 0.562. The third-order valence-corrected chi connectivity index (χ3v) is 3.80. The number of halogens is 1. The zero-order chi connectivity index (χ0) is 15.1. The van der Waals surface area contributed by atoms with Gasteiger partial charge in [0.15, 0.2) is 6.61 Å². The third kappa shape index (κ3) is 5.56. The fourth-order valence-electron chi connectivity index (χ4n) is 2.01. The van der Waals surface area contributed by atoms with Gasteiger partial charge in [0, 0.05) is 23.7 Å². The standard InChI is InChI=1S/C16H23ClN2O2/c1-2-8-18-10-13-14(17)4-3-5-15(13)21-11-16(20)19-9-12-6-7-12/h3-5,12,18H,2,6-11H2,1H3,(H,19,20). The van der Waals surface area contributed by atoms with Gasteiger partial charge in [0.1, 0.15) is 5.75 Å². The minimum atomic E-state index is -0.0747. The third-order valence-electron chi connectivity index (χ3n) is 3.45. The average Bonchev–Trinajstić information content (AvgIpc) is 3.29. The van der Waals surface area contributed by atoms with Crippen molar-refractivity contribution in [3.63, 3.8) is 0 Å². The molecule has 0 saturated heterocycles. The summed E-state index contributed by atoms with van der Waals surface area (Å²) in [5.74, 6) is 1.27. The van der Waals surface area contributed by atoms with E-state index in [4.69, 9.17) is 16.3 Å². The Bertz CT molecular complexity index is 475. The molecule has 0 unspecified atom stereocenters. The van der Waals surface area contributed by atoms with Crippen LogP contribution in [0.15, 0.2) is 18.2 Å². The van der Waals surface area contributed by atoms with E-state index < -0.39 is 0 Å². The second-order valence-electron chi connectivity index (χ2n) is 5.43. The first-order chi connectivity index (χ1) is 10.2. The van der Waals surface area contributed by atoms with Crippen molar-refractivity contribution in [1.29, 1.82) is 0 Å². The molecule has 0 spiro atoms. The highest BCUT2D eigenvalue weighted by Gasteiger charge is 2.21. The van der Waals surface area contributed by atoms with Crippen molar-refractivity contribution in [1.82, 2.24) is 10.6 Å². The Morgan fingerprint density at radius 3 is 2.95 bits per heavy atom. The van der Waals surface area contributed by atoms with E-state index in [1.807, 2.05) is 18.2 Å². The minimum Gasteiger partial charge on any atom is -0.483 e. The molecule has 1 saturated carbocycles. The Hall–Kier alpha value is -1.26. The molecule has 1 fully saturated rings. The van der Waals surface area contributed by atoms with Crippen LogP contribution in [0.5, 0.6) is 5.75 Å². The first-order valence-electron chi connectivity index (χ1n) is 7.58. The molecule has 1 aliphatic rings. The molecule has 2 N–H and O–H groups in total. The Labute approximate surface area is 131 Å². The predicted molar refractivity (Wildman–Crippen MR) is 84.7 cm³/mol. The Morgan fingerprint density at radius 1 is 1.43 bits per heavy atom. The van der Waals surface area contributed by atoms with E-state index in [9.17, 15) is 4.79 Å². The zero-order valence-electron chi connectivity index (χ0n) is 12.5. The number of hydrogen-bond acceptors (Lipinski definition) is 3. The van der Waals surface area contributed by atoms with Crippen LogP contribution in [0, 0.1) is 5.92 Å². The van der Waals surface area contributed by atoms with Gasteiger partial charge in [-0.05, 0) is 43.9 Å². The molecule has 0 bridgehead atoms. The van der Waals surface area contributed by atoms with Crippen LogP contribution in [0.25, 0.3) is 0 Å². The van der Waals surface area contributed by atoms with Crippen LogP contribution >= 0.6 is 11.6 Å². The van der Waals surface area contributed by atoms with Crippen LogP contribution in [0.2, 0.25) is 5.02 Å². The summed E-state index contributed by atoms with van der Waals surface area (Å²) in [6, 6.07) is 5.52. The van der Waals surface area contributed by atoms with Gasteiger partial charge in [0.25, 0.3) is 5.91 Å². The van der Waals surface area contributed by atoms with E-state index in [2.05, 4.69) is 17.6 Å². The van der Waals surface area contributed by atoms with Gasteiger partial charge in [0.2, 0.25) is 0 Å². The van der Waals surface area contributed by atoms with Crippen LogP contribution < -0.4 is 15.4 Å². The van der Waals surface area contributed by atoms with Crippen molar-refractivity contribution in [2.45, 2.75) is 32.7 Å². The van der Waals surface area contributed by atoms with Crippen LogP contribution in [0.1, 0.15) is 31.7 Å². The molecule has 2 rings (SSSR count). The molecule has 21 heavy (non-hydrogen) atoms. The smallest absolute Gasteiger partial charge is 0.257 e. The largest absolute Gasteiger partial charge is 0.483 e. The van der Waals surface area contributed by atoms with Crippen LogP contribution in [-0.2, 0) is 11.3 Å². The molecule has 4 nitrogen and oxygen atoms in total. The van der Waals surface area contributed by atoms with Crippen molar-refractivity contribution < 1.29 is 9.53 Å². The number of amides is 1. The van der Waals surface area contributed by atoms with Crippen molar-refractivity contribution in [2.24, 2.45) is 5.92 Å². The molecule has 1 aliphatic carbocycles. The molecular formula is C16H23ClN2O2. The van der Waals surface area contributed by atoms with Crippen LogP contribution in [0.3, 0.4) is 0 Å². The number of nitrogens with one attached hydrogen (secondary N) is 2. The van der Waals surface area contributed by atoms with Crippen molar-refractivity contribution in [3.05, 3.63) is 28.8 Å². The normalized spacial score (nSPS) is 14.0. The molecule has 1 aromatic rings. The first kappa shape index (κ1) is 16.1. The maximum Gasteiger partial charge on any atom is 0.257 e. The summed E-state index contributed by atoms with van der Waals surface area (Å²) in [5.41, 5.74) is 0.905. The molecule has 0 aliphatic heterocycles. The Balaban J connectivity index is 1.85. The van der Waals surface area contributed by atoms with Gasteiger partial charge in [-0.25, -0.2) is 0 Å². The Kier molecular flexibility index (Phi) is 6.33. The van der Waals surface area contributed by atoms with Gasteiger partial charge >= 0.3 is 0 Å². The van der Waals surface area contributed by atoms with Crippen molar-refractivity contribution >= 4 is 17.5 Å². The number of benzene rings is 1. The maximum absolute atomic E-state index is 11.7. The summed E-state index contributed by atoms with van der Waals surface area (Å²) >= 11 is 6.21. The summed E-state index contributed by atoms with van der Waals surface area (Å²) in [6.07, 6.45) is 3.51. The molecule has 5 heteroatoms. The molecule has 116 valence electrons. The van der Waals surface area contributed by atoms with Gasteiger partial charge in [-0.1, -0.05) is 24.6 Å². The van der Waals surface area contributed by atoms with E-state index >= 15 is 0 Å². The minimum absolute atomic E-state index is 0.0356. The fourth-order valence-corrected chi connectivity index (χ4v) is 2.24. The zero-order valence-corrected chi connectivity index (χ0v) is 13.2. The average molecular weight is 311 g/mol. The van der Waals surface area contributed by atoms with Crippen LogP contribution in [-0.4, -0.2) is 25.6 Å². The van der Waals surface area contributed by atoms with E-state index in [1.165, 1.54) is 12.8 Å². The highest BCUT2D eigenvalue weighted by molar-refractivity contribution is 6.31. The molecule has 0 radical (unpaired) electrons. The maximum atomic E-state index is 11.7. The second kappa shape index (κ2) is 8.25. The van der Waals surface area contributed by atoms with E-state index in [-0.39, 0.29) is 12.5 Å². The molecule has 0 heterocycles. The number of carbonyl (C=O) groups excluding carboxylic acids is 1. The van der Waals surface area contributed by atoms with Gasteiger partial charge < -0.3 is 15.4 Å². The summed E-state index contributed by atoms with van der Waals surface area (Å²) < 4.78 is 5.63. The Morgan fingerprint density at radius 2 is 2.24 bits per heavy atom. The van der Waals surface area contributed by atoms with E-state index in [1.54, 1.807) is 0 Å². The second-order valence-corrected chi connectivity index (χ2v) is 5.84. The molecule has 1 aromatic carbocycles. The quantitative estimate of drug-likeness (QED) is 0.690. The van der Waals surface area contributed by atoms with Gasteiger partial charge in [0.05, 0.1) is 0 Å². The SMILES string of the molecule is CCCNCc1c(Cl)cccc1OCC(=O)NCC1CC1. The highest BCUT2D eigenvalue weighted by atomic mass is 35.5. The number of carbonyl (C=O) groups is 1. The summed E-state index contributed by atoms with van der Waals surface area (Å²) in [5, 5.41) is 6.85. The monoisotopic (exact) mass is 310 g/mol. The predicted octanol–water partition coefficient (Wildman–Crippen LogP) is 2.74. The lowest BCUT2D eigenvalue weighted by atomic mass is 10.2. The van der Waals surface area contributed by atoms with Crippen molar-refractivity contribution in [3.8, 4) is 5.75 Å². The molecular weight excluding hydrogens is 288 g/mol. The van der Waals surface area contributed by atoms with Crippen LogP contribution in [0.4, 0.5) is 0 Å². The topological polar surface area (TPSA) is 50.4 Å². The molecule has 0 atom stereocenters. The number of ether oxygens (including phenoxy) is 1. The first-order valence-corrected chi connectivity index (χ1v) is 7.96. The molecule has 0 aromatic heterocycles. The van der Waals surface area contributed by atoms with Gasteiger partial charge in [-0.2, -0.15) is 0 Å². The van der Waals surface area contributed by atoms with E-state index in [0.29, 0.717) is 23.2 Å².